The number of aryl methyl sites for hydroxylation is 2. The van der Waals surface area contributed by atoms with Crippen LogP contribution in [-0.2, 0) is 19.2 Å². The predicted molar refractivity (Wildman–Crippen MR) is 101 cm³/mol. The Kier molecular flexibility index (Phi) is 4.59. The highest BCUT2D eigenvalue weighted by atomic mass is 32.2. The van der Waals surface area contributed by atoms with Gasteiger partial charge in [0.1, 0.15) is 5.76 Å². The molecule has 0 aliphatic heterocycles. The van der Waals surface area contributed by atoms with E-state index in [2.05, 4.69) is 23.2 Å². The lowest BCUT2D eigenvalue weighted by Gasteiger charge is -2.24. The van der Waals surface area contributed by atoms with Gasteiger partial charge in [-0.25, -0.2) is 4.98 Å². The molecule has 6 heteroatoms. The monoisotopic (exact) mass is 367 g/mol. The molecule has 1 aliphatic carbocycles. The third-order valence-corrected chi connectivity index (χ3v) is 5.96. The lowest BCUT2D eigenvalue weighted by Crippen LogP contribution is -2.29. The molecule has 1 aromatic carbocycles. The maximum atomic E-state index is 12.9. The van der Waals surface area contributed by atoms with Crippen LogP contribution in [0.3, 0.4) is 0 Å². The highest BCUT2D eigenvalue weighted by Crippen LogP contribution is 2.35. The number of aromatic nitrogens is 2. The van der Waals surface area contributed by atoms with Gasteiger partial charge in [0.25, 0.3) is 5.91 Å². The lowest BCUT2D eigenvalue weighted by atomic mass is 10.1. The summed E-state index contributed by atoms with van der Waals surface area (Å²) >= 11 is 1.59. The Labute approximate surface area is 157 Å². The predicted octanol–water partition coefficient (Wildman–Crippen LogP) is 4.06. The highest BCUT2D eigenvalue weighted by molar-refractivity contribution is 7.98. The van der Waals surface area contributed by atoms with Crippen LogP contribution in [0.25, 0.3) is 0 Å². The summed E-state index contributed by atoms with van der Waals surface area (Å²) in [5, 5.41) is 0.925. The SMILES string of the molecule is CN(C(=O)c1ccc(CSc2nccn2C)o1)[C@H]1CCc2ccccc21. The molecule has 0 N–H and O–H groups in total. The second-order valence-electron chi connectivity index (χ2n) is 6.54. The fourth-order valence-electron chi connectivity index (χ4n) is 3.45. The number of carbonyl (C=O) groups excluding carboxylic acids is 1. The molecule has 1 amide bonds. The summed E-state index contributed by atoms with van der Waals surface area (Å²) in [6, 6.07) is 12.1. The zero-order valence-corrected chi connectivity index (χ0v) is 15.7. The summed E-state index contributed by atoms with van der Waals surface area (Å²) in [5.41, 5.74) is 2.59. The summed E-state index contributed by atoms with van der Waals surface area (Å²) in [4.78, 5) is 18.9. The molecule has 0 bridgehead atoms. The van der Waals surface area contributed by atoms with E-state index in [1.165, 1.54) is 11.1 Å². The third-order valence-electron chi connectivity index (χ3n) is 4.88. The van der Waals surface area contributed by atoms with Gasteiger partial charge in [0, 0.05) is 26.5 Å². The van der Waals surface area contributed by atoms with Gasteiger partial charge in [-0.15, -0.1) is 0 Å². The quantitative estimate of drug-likeness (QED) is 0.638. The first-order chi connectivity index (χ1) is 12.6. The van der Waals surface area contributed by atoms with E-state index in [1.54, 1.807) is 28.9 Å². The Balaban J connectivity index is 1.44. The first-order valence-electron chi connectivity index (χ1n) is 8.67. The Morgan fingerprint density at radius 2 is 2.19 bits per heavy atom. The van der Waals surface area contributed by atoms with Crippen LogP contribution in [0.4, 0.5) is 0 Å². The van der Waals surface area contributed by atoms with Crippen molar-refractivity contribution in [3.05, 3.63) is 71.4 Å². The smallest absolute Gasteiger partial charge is 0.289 e. The van der Waals surface area contributed by atoms with Crippen molar-refractivity contribution < 1.29 is 9.21 Å². The fraction of sp³-hybridized carbons (Fsp3) is 0.300. The first-order valence-corrected chi connectivity index (χ1v) is 9.66. The number of benzene rings is 1. The number of hydrogen-bond donors (Lipinski definition) is 0. The Hall–Kier alpha value is -2.47. The van der Waals surface area contributed by atoms with Crippen LogP contribution in [0.2, 0.25) is 0 Å². The van der Waals surface area contributed by atoms with Crippen molar-refractivity contribution in [2.75, 3.05) is 7.05 Å². The van der Waals surface area contributed by atoms with Gasteiger partial charge < -0.3 is 13.9 Å². The molecule has 0 saturated carbocycles. The topological polar surface area (TPSA) is 51.3 Å². The summed E-state index contributed by atoms with van der Waals surface area (Å²) in [5.74, 6) is 1.75. The molecular formula is C20H21N3O2S. The zero-order valence-electron chi connectivity index (χ0n) is 14.9. The molecule has 0 spiro atoms. The molecule has 3 aromatic rings. The van der Waals surface area contributed by atoms with Crippen molar-refractivity contribution in [2.24, 2.45) is 7.05 Å². The maximum Gasteiger partial charge on any atom is 0.289 e. The molecule has 5 nitrogen and oxygen atoms in total. The average molecular weight is 367 g/mol. The van der Waals surface area contributed by atoms with Gasteiger partial charge in [-0.1, -0.05) is 36.0 Å². The fourth-order valence-corrected chi connectivity index (χ4v) is 4.28. The van der Waals surface area contributed by atoms with Crippen molar-refractivity contribution in [1.29, 1.82) is 0 Å². The molecule has 1 atom stereocenters. The number of nitrogens with zero attached hydrogens (tertiary/aromatic N) is 3. The lowest BCUT2D eigenvalue weighted by molar-refractivity contribution is 0.0697. The van der Waals surface area contributed by atoms with Gasteiger partial charge in [0.2, 0.25) is 0 Å². The van der Waals surface area contributed by atoms with Gasteiger partial charge in [-0.3, -0.25) is 4.79 Å². The number of carbonyl (C=O) groups is 1. The van der Waals surface area contributed by atoms with Crippen LogP contribution >= 0.6 is 11.8 Å². The van der Waals surface area contributed by atoms with Crippen molar-refractivity contribution in [3.63, 3.8) is 0 Å². The standard InChI is InChI=1S/C20H21N3O2S/c1-22-12-11-21-20(22)26-13-15-8-10-18(25-15)19(24)23(2)17-9-7-14-5-3-4-6-16(14)17/h3-6,8,10-12,17H,7,9,13H2,1-2H3/t17-/m0/s1. The highest BCUT2D eigenvalue weighted by Gasteiger charge is 2.30. The number of furan rings is 1. The van der Waals surface area contributed by atoms with Gasteiger partial charge in [0.05, 0.1) is 11.8 Å². The minimum Gasteiger partial charge on any atom is -0.455 e. The molecule has 0 saturated heterocycles. The van der Waals surface area contributed by atoms with Crippen molar-refractivity contribution in [1.82, 2.24) is 14.5 Å². The average Bonchev–Trinajstić information content (AvgIpc) is 3.38. The van der Waals surface area contributed by atoms with Crippen molar-refractivity contribution in [2.45, 2.75) is 29.8 Å². The number of hydrogen-bond acceptors (Lipinski definition) is 4. The second kappa shape index (κ2) is 7.03. The Bertz CT molecular complexity index is 931. The van der Waals surface area contributed by atoms with E-state index < -0.39 is 0 Å². The maximum absolute atomic E-state index is 12.9. The summed E-state index contributed by atoms with van der Waals surface area (Å²) in [6.45, 7) is 0. The van der Waals surface area contributed by atoms with E-state index in [0.717, 1.165) is 23.8 Å². The summed E-state index contributed by atoms with van der Waals surface area (Å²) in [6.07, 6.45) is 5.66. The largest absolute Gasteiger partial charge is 0.455 e. The number of fused-ring (bicyclic) bond motifs is 1. The number of thioether (sulfide) groups is 1. The minimum absolute atomic E-state index is 0.0695. The molecule has 134 valence electrons. The molecule has 0 unspecified atom stereocenters. The van der Waals surface area contributed by atoms with Gasteiger partial charge in [-0.2, -0.15) is 0 Å². The van der Waals surface area contributed by atoms with Gasteiger partial charge in [-0.05, 0) is 36.1 Å². The second-order valence-corrected chi connectivity index (χ2v) is 7.49. The van der Waals surface area contributed by atoms with Crippen LogP contribution < -0.4 is 0 Å². The number of amides is 1. The molecule has 2 aromatic heterocycles. The van der Waals surface area contributed by atoms with E-state index in [-0.39, 0.29) is 11.9 Å². The third kappa shape index (κ3) is 3.17. The Morgan fingerprint density at radius 1 is 1.35 bits per heavy atom. The number of imidazole rings is 1. The molecular weight excluding hydrogens is 346 g/mol. The van der Waals surface area contributed by atoms with Crippen molar-refractivity contribution >= 4 is 17.7 Å². The minimum atomic E-state index is -0.0695. The first kappa shape index (κ1) is 17.0. The van der Waals surface area contributed by atoms with Crippen LogP contribution in [0, 0.1) is 0 Å². The van der Waals surface area contributed by atoms with Crippen LogP contribution in [-0.4, -0.2) is 27.4 Å². The van der Waals surface area contributed by atoms with Gasteiger partial charge in [0.15, 0.2) is 10.9 Å². The van der Waals surface area contributed by atoms with E-state index in [0.29, 0.717) is 11.5 Å². The Morgan fingerprint density at radius 3 is 3.00 bits per heavy atom. The summed E-state index contributed by atoms with van der Waals surface area (Å²) < 4.78 is 7.77. The van der Waals surface area contributed by atoms with E-state index in [4.69, 9.17) is 4.42 Å². The molecule has 4 rings (SSSR count). The van der Waals surface area contributed by atoms with Crippen molar-refractivity contribution in [3.8, 4) is 0 Å². The van der Waals surface area contributed by atoms with E-state index in [9.17, 15) is 4.79 Å². The molecule has 0 fully saturated rings. The molecule has 0 radical (unpaired) electrons. The molecule has 2 heterocycles. The van der Waals surface area contributed by atoms with Crippen LogP contribution in [0.15, 0.2) is 58.4 Å². The number of rotatable bonds is 5. The zero-order chi connectivity index (χ0) is 18.1. The summed E-state index contributed by atoms with van der Waals surface area (Å²) in [7, 11) is 3.82. The molecule has 1 aliphatic rings. The van der Waals surface area contributed by atoms with Gasteiger partial charge >= 0.3 is 0 Å². The van der Waals surface area contributed by atoms with Crippen LogP contribution in [0.1, 0.15) is 39.9 Å². The normalized spacial score (nSPS) is 15.8. The van der Waals surface area contributed by atoms with Crippen LogP contribution in [0.5, 0.6) is 0 Å². The van der Waals surface area contributed by atoms with E-state index in [1.807, 2.05) is 37.0 Å². The molecule has 26 heavy (non-hydrogen) atoms. The van der Waals surface area contributed by atoms with E-state index >= 15 is 0 Å².